The molecule has 1 fully saturated rings. The third kappa shape index (κ3) is 4.51. The lowest BCUT2D eigenvalue weighted by molar-refractivity contribution is -0.115. The molecule has 0 unspecified atom stereocenters. The standard InChI is InChI=1S/C19H20ClN3O2/c20-15-7-5-6-14(12-15)19(25)21-13-18(24)22-16-8-1-2-9-17(16)23-10-3-4-11-23/h1-2,5-9,12H,3-4,10-11,13H2,(H,21,25)(H,22,24). The van der Waals surface area contributed by atoms with E-state index in [1.54, 1.807) is 24.3 Å². The minimum Gasteiger partial charge on any atom is -0.370 e. The molecule has 130 valence electrons. The van der Waals surface area contributed by atoms with Gasteiger partial charge in [0.25, 0.3) is 5.91 Å². The number of nitrogens with zero attached hydrogens (tertiary/aromatic N) is 1. The Morgan fingerprint density at radius 2 is 1.80 bits per heavy atom. The van der Waals surface area contributed by atoms with Gasteiger partial charge in [-0.25, -0.2) is 0 Å². The minimum atomic E-state index is -0.328. The van der Waals surface area contributed by atoms with Gasteiger partial charge in [0, 0.05) is 23.7 Å². The van der Waals surface area contributed by atoms with E-state index in [4.69, 9.17) is 11.6 Å². The number of para-hydroxylation sites is 2. The molecule has 0 saturated carbocycles. The fraction of sp³-hybridized carbons (Fsp3) is 0.263. The van der Waals surface area contributed by atoms with Gasteiger partial charge >= 0.3 is 0 Å². The van der Waals surface area contributed by atoms with Crippen molar-refractivity contribution in [2.75, 3.05) is 29.9 Å². The molecule has 2 aromatic carbocycles. The van der Waals surface area contributed by atoms with Gasteiger partial charge in [-0.2, -0.15) is 0 Å². The maximum absolute atomic E-state index is 12.2. The van der Waals surface area contributed by atoms with Crippen molar-refractivity contribution in [3.05, 3.63) is 59.1 Å². The number of hydrogen-bond acceptors (Lipinski definition) is 3. The molecule has 0 atom stereocenters. The Balaban J connectivity index is 1.59. The summed E-state index contributed by atoms with van der Waals surface area (Å²) in [4.78, 5) is 26.5. The summed E-state index contributed by atoms with van der Waals surface area (Å²) in [6.07, 6.45) is 2.33. The lowest BCUT2D eigenvalue weighted by atomic mass is 10.2. The molecule has 1 saturated heterocycles. The smallest absolute Gasteiger partial charge is 0.251 e. The highest BCUT2D eigenvalue weighted by molar-refractivity contribution is 6.31. The lowest BCUT2D eigenvalue weighted by Gasteiger charge is -2.21. The van der Waals surface area contributed by atoms with Crippen LogP contribution in [0.25, 0.3) is 0 Å². The highest BCUT2D eigenvalue weighted by Crippen LogP contribution is 2.28. The molecule has 0 radical (unpaired) electrons. The van der Waals surface area contributed by atoms with Crippen LogP contribution < -0.4 is 15.5 Å². The van der Waals surface area contributed by atoms with Crippen LogP contribution in [0.4, 0.5) is 11.4 Å². The van der Waals surface area contributed by atoms with E-state index in [1.165, 1.54) is 0 Å². The van der Waals surface area contributed by atoms with Crippen molar-refractivity contribution in [3.63, 3.8) is 0 Å². The predicted molar refractivity (Wildman–Crippen MR) is 100 cm³/mol. The molecule has 0 aliphatic carbocycles. The average molecular weight is 358 g/mol. The summed E-state index contributed by atoms with van der Waals surface area (Å²) in [5.41, 5.74) is 2.22. The third-order valence-electron chi connectivity index (χ3n) is 4.12. The van der Waals surface area contributed by atoms with E-state index in [0.29, 0.717) is 10.6 Å². The molecule has 0 spiro atoms. The van der Waals surface area contributed by atoms with Crippen LogP contribution in [0.3, 0.4) is 0 Å². The van der Waals surface area contributed by atoms with Crippen molar-refractivity contribution in [3.8, 4) is 0 Å². The second kappa shape index (κ2) is 8.03. The molecule has 5 nitrogen and oxygen atoms in total. The molecule has 25 heavy (non-hydrogen) atoms. The van der Waals surface area contributed by atoms with Crippen LogP contribution in [0.2, 0.25) is 5.02 Å². The van der Waals surface area contributed by atoms with E-state index in [1.807, 2.05) is 24.3 Å². The molecule has 1 aliphatic heterocycles. The molecule has 3 rings (SSSR count). The minimum absolute atomic E-state index is 0.0975. The Bertz CT molecular complexity index is 773. The van der Waals surface area contributed by atoms with Gasteiger partial charge in [-0.1, -0.05) is 29.8 Å². The zero-order valence-corrected chi connectivity index (χ0v) is 14.6. The van der Waals surface area contributed by atoms with Crippen LogP contribution in [0.5, 0.6) is 0 Å². The second-order valence-corrected chi connectivity index (χ2v) is 6.39. The summed E-state index contributed by atoms with van der Waals surface area (Å²) in [7, 11) is 0. The molecular weight excluding hydrogens is 338 g/mol. The Hall–Kier alpha value is -2.53. The van der Waals surface area contributed by atoms with Gasteiger partial charge in [-0.05, 0) is 43.2 Å². The van der Waals surface area contributed by atoms with Gasteiger partial charge < -0.3 is 15.5 Å². The van der Waals surface area contributed by atoms with E-state index in [0.717, 1.165) is 37.3 Å². The molecule has 0 bridgehead atoms. The summed E-state index contributed by atoms with van der Waals surface area (Å²) < 4.78 is 0. The molecule has 2 aromatic rings. The van der Waals surface area contributed by atoms with Gasteiger partial charge in [0.2, 0.25) is 5.91 Å². The SMILES string of the molecule is O=C(CNC(=O)c1cccc(Cl)c1)Nc1ccccc1N1CCCC1. The Morgan fingerprint density at radius 1 is 1.04 bits per heavy atom. The number of hydrogen-bond donors (Lipinski definition) is 2. The van der Waals surface area contributed by atoms with Crippen molar-refractivity contribution >= 4 is 34.8 Å². The largest absolute Gasteiger partial charge is 0.370 e. The zero-order valence-electron chi connectivity index (χ0n) is 13.8. The van der Waals surface area contributed by atoms with Crippen molar-refractivity contribution in [1.29, 1.82) is 0 Å². The molecule has 2 amide bonds. The lowest BCUT2D eigenvalue weighted by Crippen LogP contribution is -2.33. The van der Waals surface area contributed by atoms with Gasteiger partial charge in [0.05, 0.1) is 17.9 Å². The van der Waals surface area contributed by atoms with Gasteiger partial charge in [-0.15, -0.1) is 0 Å². The van der Waals surface area contributed by atoms with Crippen LogP contribution in [0, 0.1) is 0 Å². The van der Waals surface area contributed by atoms with Crippen molar-refractivity contribution in [1.82, 2.24) is 5.32 Å². The van der Waals surface area contributed by atoms with Crippen LogP contribution in [0.1, 0.15) is 23.2 Å². The molecule has 0 aromatic heterocycles. The molecular formula is C19H20ClN3O2. The van der Waals surface area contributed by atoms with Crippen LogP contribution >= 0.6 is 11.6 Å². The monoisotopic (exact) mass is 357 g/mol. The number of nitrogens with one attached hydrogen (secondary N) is 2. The zero-order chi connectivity index (χ0) is 17.6. The van der Waals surface area contributed by atoms with Crippen molar-refractivity contribution < 1.29 is 9.59 Å². The van der Waals surface area contributed by atoms with Gasteiger partial charge in [-0.3, -0.25) is 9.59 Å². The normalized spacial score (nSPS) is 13.6. The number of carbonyl (C=O) groups is 2. The van der Waals surface area contributed by atoms with E-state index >= 15 is 0 Å². The summed E-state index contributed by atoms with van der Waals surface area (Å²) in [6, 6.07) is 14.4. The van der Waals surface area contributed by atoms with Gasteiger partial charge in [0.15, 0.2) is 0 Å². The first-order valence-electron chi connectivity index (χ1n) is 8.31. The highest BCUT2D eigenvalue weighted by Gasteiger charge is 2.16. The predicted octanol–water partition coefficient (Wildman–Crippen LogP) is 3.31. The molecule has 1 heterocycles. The fourth-order valence-corrected chi connectivity index (χ4v) is 3.09. The number of rotatable bonds is 5. The molecule has 2 N–H and O–H groups in total. The number of carbonyl (C=O) groups excluding carboxylic acids is 2. The van der Waals surface area contributed by atoms with E-state index in [2.05, 4.69) is 15.5 Å². The van der Waals surface area contributed by atoms with E-state index in [9.17, 15) is 9.59 Å². The third-order valence-corrected chi connectivity index (χ3v) is 4.36. The number of halogens is 1. The quantitative estimate of drug-likeness (QED) is 0.863. The van der Waals surface area contributed by atoms with E-state index in [-0.39, 0.29) is 18.4 Å². The number of anilines is 2. The number of benzene rings is 2. The van der Waals surface area contributed by atoms with Crippen molar-refractivity contribution in [2.45, 2.75) is 12.8 Å². The maximum atomic E-state index is 12.2. The second-order valence-electron chi connectivity index (χ2n) is 5.95. The van der Waals surface area contributed by atoms with Crippen LogP contribution in [-0.2, 0) is 4.79 Å². The van der Waals surface area contributed by atoms with E-state index < -0.39 is 0 Å². The topological polar surface area (TPSA) is 61.4 Å². The van der Waals surface area contributed by atoms with Gasteiger partial charge in [0.1, 0.15) is 0 Å². The summed E-state index contributed by atoms with van der Waals surface area (Å²) in [5.74, 6) is -0.590. The molecule has 6 heteroatoms. The van der Waals surface area contributed by atoms with Crippen LogP contribution in [0.15, 0.2) is 48.5 Å². The Kier molecular flexibility index (Phi) is 5.56. The first-order valence-corrected chi connectivity index (χ1v) is 8.69. The summed E-state index contributed by atoms with van der Waals surface area (Å²) in [6.45, 7) is 1.90. The maximum Gasteiger partial charge on any atom is 0.251 e. The Labute approximate surface area is 152 Å². The number of amides is 2. The average Bonchev–Trinajstić information content (AvgIpc) is 3.14. The summed E-state index contributed by atoms with van der Waals surface area (Å²) in [5, 5.41) is 5.98. The van der Waals surface area contributed by atoms with Crippen molar-refractivity contribution in [2.24, 2.45) is 0 Å². The highest BCUT2D eigenvalue weighted by atomic mass is 35.5. The van der Waals surface area contributed by atoms with Crippen LogP contribution in [-0.4, -0.2) is 31.4 Å². The summed E-state index contributed by atoms with van der Waals surface area (Å²) >= 11 is 5.87. The first-order chi connectivity index (χ1) is 12.1. The Morgan fingerprint density at radius 3 is 2.56 bits per heavy atom. The fourth-order valence-electron chi connectivity index (χ4n) is 2.90. The first kappa shape index (κ1) is 17.3. The molecule has 1 aliphatic rings.